The zero-order valence-electron chi connectivity index (χ0n) is 22.1. The topological polar surface area (TPSA) is 106 Å². The van der Waals surface area contributed by atoms with Gasteiger partial charge in [-0.1, -0.05) is 82.2 Å². The number of benzene rings is 2. The van der Waals surface area contributed by atoms with Gasteiger partial charge in [0.1, 0.15) is 10.6 Å². The van der Waals surface area contributed by atoms with Crippen molar-refractivity contribution in [2.45, 2.75) is 81.8 Å². The molecule has 1 saturated heterocycles. The van der Waals surface area contributed by atoms with Crippen molar-refractivity contribution in [3.8, 4) is 11.5 Å². The first-order valence-corrected chi connectivity index (χ1v) is 15.6. The Hall–Kier alpha value is -2.85. The number of para-hydroxylation sites is 1. The molecule has 1 heterocycles. The van der Waals surface area contributed by atoms with Crippen molar-refractivity contribution >= 4 is 39.2 Å². The maximum Gasteiger partial charge on any atom is 0.339 e. The van der Waals surface area contributed by atoms with E-state index in [1.807, 2.05) is 6.92 Å². The smallest absolute Gasteiger partial charge is 0.339 e. The molecule has 1 aliphatic rings. The molecular weight excluding hydrogens is 522 g/mol. The van der Waals surface area contributed by atoms with Gasteiger partial charge in [0, 0.05) is 5.56 Å². The summed E-state index contributed by atoms with van der Waals surface area (Å²) in [6, 6.07) is 12.7. The number of hydrogen-bond donors (Lipinski definition) is 1. The van der Waals surface area contributed by atoms with E-state index in [1.54, 1.807) is 36.4 Å². The summed E-state index contributed by atoms with van der Waals surface area (Å²) < 4.78 is 36.3. The summed E-state index contributed by atoms with van der Waals surface area (Å²) >= 11 is 1.38. The zero-order chi connectivity index (χ0) is 27.2. The average molecular weight is 560 g/mol. The fraction of sp³-hybridized carbons (Fsp3) is 0.464. The van der Waals surface area contributed by atoms with Gasteiger partial charge in [0.25, 0.3) is 0 Å². The normalized spacial score (nSPS) is 16.7. The predicted octanol–water partition coefficient (Wildman–Crippen LogP) is 6.31. The molecule has 2 aromatic carbocycles. The lowest BCUT2D eigenvalue weighted by atomic mass is 10.1. The molecule has 0 radical (unpaired) electrons. The van der Waals surface area contributed by atoms with Crippen molar-refractivity contribution in [2.24, 2.45) is 10.2 Å². The fourth-order valence-corrected chi connectivity index (χ4v) is 5.88. The zero-order valence-corrected chi connectivity index (χ0v) is 23.7. The molecule has 8 nitrogen and oxygen atoms in total. The molecule has 1 unspecified atom stereocenters. The van der Waals surface area contributed by atoms with Crippen molar-refractivity contribution < 1.29 is 22.1 Å². The fourth-order valence-electron chi connectivity index (χ4n) is 3.95. The third-order valence-electron chi connectivity index (χ3n) is 5.98. The monoisotopic (exact) mass is 559 g/mol. The van der Waals surface area contributed by atoms with Crippen LogP contribution in [0.4, 0.5) is 0 Å². The summed E-state index contributed by atoms with van der Waals surface area (Å²) in [5.74, 6) is 0.660. The maximum absolute atomic E-state index is 12.8. The number of ether oxygens (including phenoxy) is 1. The molecular formula is C28H37N3O5S2. The Balaban J connectivity index is 1.53. The number of amidine groups is 1. The van der Waals surface area contributed by atoms with Gasteiger partial charge in [-0.05, 0) is 49.7 Å². The van der Waals surface area contributed by atoms with Crippen LogP contribution in [0.2, 0.25) is 0 Å². The summed E-state index contributed by atoms with van der Waals surface area (Å²) in [5.41, 5.74) is 0.441. The quantitative estimate of drug-likeness (QED) is 0.112. The maximum atomic E-state index is 12.8. The number of nitrogens with one attached hydrogen (secondary N) is 1. The molecule has 0 bridgehead atoms. The summed E-state index contributed by atoms with van der Waals surface area (Å²) in [7, 11) is -4.06. The van der Waals surface area contributed by atoms with E-state index in [4.69, 9.17) is 8.92 Å². The lowest BCUT2D eigenvalue weighted by Crippen LogP contribution is -2.24. The van der Waals surface area contributed by atoms with Crippen molar-refractivity contribution in [2.75, 3.05) is 6.61 Å². The van der Waals surface area contributed by atoms with E-state index in [-0.39, 0.29) is 21.8 Å². The molecule has 0 saturated carbocycles. The van der Waals surface area contributed by atoms with E-state index in [1.165, 1.54) is 68.6 Å². The lowest BCUT2D eigenvalue weighted by molar-refractivity contribution is -0.118. The van der Waals surface area contributed by atoms with Crippen LogP contribution in [0.3, 0.4) is 0 Å². The van der Waals surface area contributed by atoms with E-state index in [0.29, 0.717) is 23.1 Å². The average Bonchev–Trinajstić information content (AvgIpc) is 3.26. The summed E-state index contributed by atoms with van der Waals surface area (Å²) in [4.78, 5) is 12.3. The molecule has 1 N–H and O–H groups in total. The summed E-state index contributed by atoms with van der Waals surface area (Å²) in [6.07, 6.45) is 12.0. The molecule has 0 aromatic heterocycles. The SMILES string of the molecule is CCCCCCCCCCC1S/C(=N\N=C\c2ccccc2OS(=O)(=O)c2ccc(OCC)cc2)NC1=O. The Morgan fingerprint density at radius 1 is 0.947 bits per heavy atom. The lowest BCUT2D eigenvalue weighted by Gasteiger charge is -2.10. The molecule has 3 rings (SSSR count). The van der Waals surface area contributed by atoms with E-state index >= 15 is 0 Å². The molecule has 10 heteroatoms. The van der Waals surface area contributed by atoms with Crippen LogP contribution in [0.15, 0.2) is 63.6 Å². The minimum Gasteiger partial charge on any atom is -0.494 e. The molecule has 2 aromatic rings. The van der Waals surface area contributed by atoms with Gasteiger partial charge in [0.05, 0.1) is 18.1 Å². The Labute approximate surface area is 230 Å². The second kappa shape index (κ2) is 15.5. The molecule has 38 heavy (non-hydrogen) atoms. The van der Waals surface area contributed by atoms with Crippen LogP contribution in [0.25, 0.3) is 0 Å². The standard InChI is InChI=1S/C28H37N3O5S2/c1-3-5-6-7-8-9-10-11-16-26-27(32)30-28(37-26)31-29-21-22-14-12-13-15-25(22)36-38(33,34)24-19-17-23(18-20-24)35-4-2/h12-15,17-21,26H,3-11,16H2,1-2H3,(H,30,31,32)/b29-21+. The first-order chi connectivity index (χ1) is 18.4. The van der Waals surface area contributed by atoms with E-state index in [2.05, 4.69) is 22.4 Å². The highest BCUT2D eigenvalue weighted by Gasteiger charge is 2.29. The van der Waals surface area contributed by atoms with Gasteiger partial charge in [-0.3, -0.25) is 4.79 Å². The Kier molecular flexibility index (Phi) is 12.1. The second-order valence-corrected chi connectivity index (χ2v) is 11.7. The third kappa shape index (κ3) is 9.47. The Bertz CT molecular complexity index is 1200. The first kappa shape index (κ1) is 29.7. The van der Waals surface area contributed by atoms with Crippen molar-refractivity contribution in [3.63, 3.8) is 0 Å². The molecule has 206 valence electrons. The minimum absolute atomic E-state index is 0.0144. The number of nitrogens with zero attached hydrogens (tertiary/aromatic N) is 2. The minimum atomic E-state index is -4.06. The van der Waals surface area contributed by atoms with E-state index in [0.717, 1.165) is 19.3 Å². The number of thioether (sulfide) groups is 1. The number of rotatable bonds is 16. The number of carbonyl (C=O) groups excluding carboxylic acids is 1. The molecule has 1 amide bonds. The van der Waals surface area contributed by atoms with Crippen molar-refractivity contribution in [3.05, 3.63) is 54.1 Å². The van der Waals surface area contributed by atoms with Gasteiger partial charge in [0.2, 0.25) is 5.91 Å². The molecule has 1 aliphatic heterocycles. The van der Waals surface area contributed by atoms with E-state index < -0.39 is 10.1 Å². The summed E-state index contributed by atoms with van der Waals surface area (Å²) in [5, 5.41) is 11.3. The van der Waals surface area contributed by atoms with Gasteiger partial charge in [0.15, 0.2) is 10.9 Å². The number of unbranched alkanes of at least 4 members (excludes halogenated alkanes) is 7. The van der Waals surface area contributed by atoms with E-state index in [9.17, 15) is 13.2 Å². The van der Waals surface area contributed by atoms with Crippen LogP contribution in [0.5, 0.6) is 11.5 Å². The Morgan fingerprint density at radius 2 is 1.63 bits per heavy atom. The third-order valence-corrected chi connectivity index (χ3v) is 8.37. The highest BCUT2D eigenvalue weighted by atomic mass is 32.2. The number of amides is 1. The molecule has 1 fully saturated rings. The molecule has 1 atom stereocenters. The first-order valence-electron chi connectivity index (χ1n) is 13.3. The van der Waals surface area contributed by atoms with Crippen LogP contribution in [0.1, 0.15) is 77.2 Å². The highest BCUT2D eigenvalue weighted by molar-refractivity contribution is 8.15. The molecule has 0 spiro atoms. The van der Waals surface area contributed by atoms with Gasteiger partial charge >= 0.3 is 10.1 Å². The van der Waals surface area contributed by atoms with Crippen LogP contribution in [-0.2, 0) is 14.9 Å². The highest BCUT2D eigenvalue weighted by Crippen LogP contribution is 2.26. The van der Waals surface area contributed by atoms with Crippen molar-refractivity contribution in [1.29, 1.82) is 0 Å². The van der Waals surface area contributed by atoms with Gasteiger partial charge in [-0.2, -0.15) is 13.5 Å². The second-order valence-electron chi connectivity index (χ2n) is 8.99. The Morgan fingerprint density at radius 3 is 2.34 bits per heavy atom. The van der Waals surface area contributed by atoms with Gasteiger partial charge < -0.3 is 14.2 Å². The van der Waals surface area contributed by atoms with Crippen LogP contribution in [0, 0.1) is 0 Å². The predicted molar refractivity (Wildman–Crippen MR) is 154 cm³/mol. The van der Waals surface area contributed by atoms with Crippen LogP contribution >= 0.6 is 11.8 Å². The molecule has 0 aliphatic carbocycles. The van der Waals surface area contributed by atoms with Crippen LogP contribution in [-0.4, -0.2) is 37.6 Å². The number of hydrogen-bond acceptors (Lipinski definition) is 8. The largest absolute Gasteiger partial charge is 0.494 e. The van der Waals surface area contributed by atoms with Crippen LogP contribution < -0.4 is 14.2 Å². The number of carbonyl (C=O) groups is 1. The van der Waals surface area contributed by atoms with Gasteiger partial charge in [-0.25, -0.2) is 0 Å². The summed E-state index contributed by atoms with van der Waals surface area (Å²) in [6.45, 7) is 4.56. The van der Waals surface area contributed by atoms with Gasteiger partial charge in [-0.15, -0.1) is 5.10 Å². The van der Waals surface area contributed by atoms with Crippen molar-refractivity contribution in [1.82, 2.24) is 5.32 Å².